The second-order valence-electron chi connectivity index (χ2n) is 5.02. The Kier molecular flexibility index (Phi) is 4.20. The zero-order valence-electron chi connectivity index (χ0n) is 11.4. The highest BCUT2D eigenvalue weighted by Gasteiger charge is 2.20. The third-order valence-electron chi connectivity index (χ3n) is 3.60. The summed E-state index contributed by atoms with van der Waals surface area (Å²) in [6, 6.07) is 5.74. The maximum absolute atomic E-state index is 11.5. The zero-order valence-corrected chi connectivity index (χ0v) is 11.4. The molecule has 0 spiro atoms. The van der Waals surface area contributed by atoms with Gasteiger partial charge in [0.2, 0.25) is 5.91 Å². The maximum atomic E-state index is 11.5. The average molecular weight is 261 g/mol. The van der Waals surface area contributed by atoms with Crippen molar-refractivity contribution in [3.63, 3.8) is 0 Å². The number of esters is 1. The third kappa shape index (κ3) is 3.34. The second-order valence-corrected chi connectivity index (χ2v) is 5.02. The van der Waals surface area contributed by atoms with E-state index in [1.807, 2.05) is 18.2 Å². The van der Waals surface area contributed by atoms with Crippen molar-refractivity contribution in [1.82, 2.24) is 5.32 Å². The summed E-state index contributed by atoms with van der Waals surface area (Å²) in [4.78, 5) is 22.4. The van der Waals surface area contributed by atoms with Crippen molar-refractivity contribution in [3.8, 4) is 0 Å². The number of aryl methyl sites for hydroxylation is 1. The summed E-state index contributed by atoms with van der Waals surface area (Å²) in [7, 11) is 1.39. The van der Waals surface area contributed by atoms with Crippen molar-refractivity contribution in [2.45, 2.75) is 26.2 Å². The molecule has 1 aliphatic carbocycles. The fourth-order valence-electron chi connectivity index (χ4n) is 2.54. The van der Waals surface area contributed by atoms with Crippen molar-refractivity contribution in [2.24, 2.45) is 5.92 Å². The number of nitrogens with one attached hydrogen (secondary N) is 1. The Morgan fingerprint density at radius 1 is 1.37 bits per heavy atom. The predicted molar refractivity (Wildman–Crippen MR) is 72.0 cm³/mol. The van der Waals surface area contributed by atoms with Crippen LogP contribution in [0.2, 0.25) is 0 Å². The van der Waals surface area contributed by atoms with Crippen LogP contribution in [0.1, 0.15) is 34.8 Å². The molecule has 0 radical (unpaired) electrons. The first-order chi connectivity index (χ1) is 9.10. The first-order valence-corrected chi connectivity index (χ1v) is 6.54. The van der Waals surface area contributed by atoms with Gasteiger partial charge in [0.05, 0.1) is 12.7 Å². The Morgan fingerprint density at radius 3 is 2.84 bits per heavy atom. The van der Waals surface area contributed by atoms with E-state index in [1.165, 1.54) is 18.2 Å². The van der Waals surface area contributed by atoms with Gasteiger partial charge in [-0.3, -0.25) is 4.79 Å². The van der Waals surface area contributed by atoms with Crippen molar-refractivity contribution >= 4 is 11.9 Å². The van der Waals surface area contributed by atoms with Gasteiger partial charge in [-0.05, 0) is 48.4 Å². The van der Waals surface area contributed by atoms with Crippen LogP contribution in [0.15, 0.2) is 18.2 Å². The van der Waals surface area contributed by atoms with Crippen LogP contribution in [0.3, 0.4) is 0 Å². The lowest BCUT2D eigenvalue weighted by atomic mass is 9.83. The summed E-state index contributed by atoms with van der Waals surface area (Å²) in [5, 5.41) is 2.87. The van der Waals surface area contributed by atoms with Gasteiger partial charge in [0.1, 0.15) is 0 Å². The molecule has 0 aromatic heterocycles. The molecule has 1 aliphatic rings. The van der Waals surface area contributed by atoms with Crippen LogP contribution in [0.4, 0.5) is 0 Å². The van der Waals surface area contributed by atoms with Crippen LogP contribution < -0.4 is 5.32 Å². The van der Waals surface area contributed by atoms with Crippen molar-refractivity contribution in [3.05, 3.63) is 34.9 Å². The van der Waals surface area contributed by atoms with Gasteiger partial charge in [-0.1, -0.05) is 6.07 Å². The van der Waals surface area contributed by atoms with Crippen molar-refractivity contribution < 1.29 is 14.3 Å². The highest BCUT2D eigenvalue weighted by molar-refractivity contribution is 5.89. The molecule has 0 saturated carbocycles. The van der Waals surface area contributed by atoms with E-state index < -0.39 is 0 Å². The van der Waals surface area contributed by atoms with E-state index in [2.05, 4.69) is 5.32 Å². The largest absolute Gasteiger partial charge is 0.465 e. The number of carbonyl (C=O) groups excluding carboxylic acids is 2. The number of methoxy groups -OCH3 is 1. The van der Waals surface area contributed by atoms with E-state index in [0.29, 0.717) is 11.5 Å². The van der Waals surface area contributed by atoms with E-state index in [4.69, 9.17) is 4.74 Å². The summed E-state index contributed by atoms with van der Waals surface area (Å²) < 4.78 is 4.73. The molecule has 1 aromatic rings. The summed E-state index contributed by atoms with van der Waals surface area (Å²) >= 11 is 0. The molecule has 1 amide bonds. The summed E-state index contributed by atoms with van der Waals surface area (Å²) in [6.07, 6.45) is 2.94. The molecule has 102 valence electrons. The minimum Gasteiger partial charge on any atom is -0.465 e. The monoisotopic (exact) mass is 261 g/mol. The van der Waals surface area contributed by atoms with E-state index in [9.17, 15) is 9.59 Å². The molecule has 1 aromatic carbocycles. The topological polar surface area (TPSA) is 55.4 Å². The molecule has 0 heterocycles. The molecular formula is C15H19NO3. The first kappa shape index (κ1) is 13.6. The average Bonchev–Trinajstić information content (AvgIpc) is 2.43. The van der Waals surface area contributed by atoms with Crippen LogP contribution in [0.25, 0.3) is 0 Å². The van der Waals surface area contributed by atoms with Gasteiger partial charge in [-0.25, -0.2) is 4.79 Å². The van der Waals surface area contributed by atoms with Crippen LogP contribution in [0, 0.1) is 5.92 Å². The normalized spacial score (nSPS) is 17.5. The van der Waals surface area contributed by atoms with E-state index in [1.54, 1.807) is 6.92 Å². The molecule has 19 heavy (non-hydrogen) atoms. The maximum Gasteiger partial charge on any atom is 0.337 e. The number of rotatable bonds is 3. The summed E-state index contributed by atoms with van der Waals surface area (Å²) in [5.41, 5.74) is 3.11. The lowest BCUT2D eigenvalue weighted by Crippen LogP contribution is -2.30. The van der Waals surface area contributed by atoms with Gasteiger partial charge in [0.15, 0.2) is 0 Å². The molecule has 1 N–H and O–H groups in total. The molecular weight excluding hydrogens is 242 g/mol. The Bertz CT molecular complexity index is 496. The fraction of sp³-hybridized carbons (Fsp3) is 0.467. The van der Waals surface area contributed by atoms with Crippen LogP contribution in [-0.2, 0) is 22.4 Å². The van der Waals surface area contributed by atoms with Gasteiger partial charge in [0, 0.05) is 13.5 Å². The Hall–Kier alpha value is -1.84. The van der Waals surface area contributed by atoms with Crippen LogP contribution >= 0.6 is 0 Å². The number of ether oxygens (including phenoxy) is 1. The van der Waals surface area contributed by atoms with Crippen molar-refractivity contribution in [2.75, 3.05) is 13.7 Å². The second kappa shape index (κ2) is 5.87. The Labute approximate surface area is 113 Å². The SMILES string of the molecule is COC(=O)c1ccc2c(c1)CCC(CNC(C)=O)C2. The van der Waals surface area contributed by atoms with Gasteiger partial charge in [-0.15, -0.1) is 0 Å². The number of hydrogen-bond donors (Lipinski definition) is 1. The van der Waals surface area contributed by atoms with Gasteiger partial charge >= 0.3 is 5.97 Å². The lowest BCUT2D eigenvalue weighted by molar-refractivity contribution is -0.119. The molecule has 1 atom stereocenters. The predicted octanol–water partition coefficient (Wildman–Crippen LogP) is 1.71. The molecule has 4 nitrogen and oxygen atoms in total. The molecule has 2 rings (SSSR count). The van der Waals surface area contributed by atoms with Gasteiger partial charge in [-0.2, -0.15) is 0 Å². The molecule has 0 fully saturated rings. The Balaban J connectivity index is 2.06. The van der Waals surface area contributed by atoms with Crippen molar-refractivity contribution in [1.29, 1.82) is 0 Å². The van der Waals surface area contributed by atoms with E-state index >= 15 is 0 Å². The minimum atomic E-state index is -0.289. The number of amides is 1. The summed E-state index contributed by atoms with van der Waals surface area (Å²) in [5.74, 6) is 0.218. The number of benzene rings is 1. The number of hydrogen-bond acceptors (Lipinski definition) is 3. The highest BCUT2D eigenvalue weighted by atomic mass is 16.5. The first-order valence-electron chi connectivity index (χ1n) is 6.54. The molecule has 0 saturated heterocycles. The number of carbonyl (C=O) groups is 2. The lowest BCUT2D eigenvalue weighted by Gasteiger charge is -2.25. The smallest absolute Gasteiger partial charge is 0.337 e. The van der Waals surface area contributed by atoms with E-state index in [-0.39, 0.29) is 11.9 Å². The fourth-order valence-corrected chi connectivity index (χ4v) is 2.54. The van der Waals surface area contributed by atoms with Crippen LogP contribution in [-0.4, -0.2) is 25.5 Å². The van der Waals surface area contributed by atoms with Gasteiger partial charge < -0.3 is 10.1 Å². The standard InChI is InChI=1S/C15H19NO3/c1-10(17)16-9-11-3-4-13-8-14(15(18)19-2)6-5-12(13)7-11/h5-6,8,11H,3-4,7,9H2,1-2H3,(H,16,17). The quantitative estimate of drug-likeness (QED) is 0.843. The molecule has 0 aliphatic heterocycles. The number of fused-ring (bicyclic) bond motifs is 1. The molecule has 1 unspecified atom stereocenters. The summed E-state index contributed by atoms with van der Waals surface area (Å²) in [6.45, 7) is 2.27. The molecule has 0 bridgehead atoms. The van der Waals surface area contributed by atoms with Gasteiger partial charge in [0.25, 0.3) is 0 Å². The Morgan fingerprint density at radius 2 is 2.16 bits per heavy atom. The molecule has 4 heteroatoms. The van der Waals surface area contributed by atoms with Crippen LogP contribution in [0.5, 0.6) is 0 Å². The highest BCUT2D eigenvalue weighted by Crippen LogP contribution is 2.26. The van der Waals surface area contributed by atoms with E-state index in [0.717, 1.165) is 25.8 Å². The third-order valence-corrected chi connectivity index (χ3v) is 3.60. The zero-order chi connectivity index (χ0) is 13.8. The minimum absolute atomic E-state index is 0.0202.